The number of esters is 1. The molecule has 1 heterocycles. The number of hydrogen-bond donors (Lipinski definition) is 2. The Morgan fingerprint density at radius 3 is 2.44 bits per heavy atom. The number of cyclic esters (lactones) is 1. The Bertz CT molecular complexity index is 140. The molecule has 2 N–H and O–H groups in total. The lowest BCUT2D eigenvalue weighted by molar-refractivity contribution is -0.179. The van der Waals surface area contributed by atoms with Crippen molar-refractivity contribution in [1.82, 2.24) is 0 Å². The Labute approximate surface area is 52.1 Å². The molecule has 1 aliphatic rings. The molecular weight excluding hydrogens is 124 g/mol. The van der Waals surface area contributed by atoms with Gasteiger partial charge < -0.3 is 14.9 Å². The minimum atomic E-state index is -1.95. The molecule has 1 rings (SSSR count). The van der Waals surface area contributed by atoms with E-state index in [1.807, 2.05) is 0 Å². The third-order valence-corrected chi connectivity index (χ3v) is 1.47. The van der Waals surface area contributed by atoms with Crippen molar-refractivity contribution < 1.29 is 19.7 Å². The molecule has 1 fully saturated rings. The molecule has 0 saturated carbocycles. The normalized spacial score (nSPS) is 32.3. The monoisotopic (exact) mass is 132 g/mol. The van der Waals surface area contributed by atoms with Crippen LogP contribution in [0.2, 0.25) is 0 Å². The van der Waals surface area contributed by atoms with E-state index in [1.54, 1.807) is 0 Å². The van der Waals surface area contributed by atoms with Gasteiger partial charge in [0.25, 0.3) is 0 Å². The second kappa shape index (κ2) is 1.68. The summed E-state index contributed by atoms with van der Waals surface area (Å²) in [5.41, 5.74) is 0. The molecule has 0 spiro atoms. The van der Waals surface area contributed by atoms with E-state index in [4.69, 9.17) is 10.2 Å². The van der Waals surface area contributed by atoms with E-state index < -0.39 is 17.7 Å². The maximum atomic E-state index is 10.4. The standard InChI is InChI=1S/C5H8O4/c1-3-4(6)9-2-5(3,7)8/h3,7-8H,2H2,1H3. The van der Waals surface area contributed by atoms with E-state index in [1.165, 1.54) is 6.92 Å². The quantitative estimate of drug-likeness (QED) is 0.323. The number of aliphatic hydroxyl groups is 2. The molecule has 0 aromatic heterocycles. The molecule has 1 aliphatic heterocycles. The molecule has 9 heavy (non-hydrogen) atoms. The van der Waals surface area contributed by atoms with Crippen LogP contribution >= 0.6 is 0 Å². The number of ether oxygens (including phenoxy) is 1. The molecule has 0 radical (unpaired) electrons. The smallest absolute Gasteiger partial charge is 0.314 e. The molecule has 4 nitrogen and oxygen atoms in total. The van der Waals surface area contributed by atoms with Crippen molar-refractivity contribution in [1.29, 1.82) is 0 Å². The van der Waals surface area contributed by atoms with Gasteiger partial charge in [0.1, 0.15) is 12.5 Å². The Kier molecular flexibility index (Phi) is 1.22. The highest BCUT2D eigenvalue weighted by Gasteiger charge is 2.44. The topological polar surface area (TPSA) is 66.8 Å². The highest BCUT2D eigenvalue weighted by molar-refractivity contribution is 5.75. The van der Waals surface area contributed by atoms with E-state index in [9.17, 15) is 4.79 Å². The van der Waals surface area contributed by atoms with Crippen molar-refractivity contribution >= 4 is 5.97 Å². The van der Waals surface area contributed by atoms with Crippen LogP contribution in [0.5, 0.6) is 0 Å². The summed E-state index contributed by atoms with van der Waals surface area (Å²) in [7, 11) is 0. The van der Waals surface area contributed by atoms with Crippen LogP contribution in [0.1, 0.15) is 6.92 Å². The number of rotatable bonds is 0. The van der Waals surface area contributed by atoms with E-state index in [-0.39, 0.29) is 6.61 Å². The summed E-state index contributed by atoms with van der Waals surface area (Å²) in [6.45, 7) is 1.10. The highest BCUT2D eigenvalue weighted by Crippen LogP contribution is 2.22. The zero-order valence-corrected chi connectivity index (χ0v) is 5.00. The zero-order chi connectivity index (χ0) is 7.07. The van der Waals surface area contributed by atoms with Gasteiger partial charge in [-0.15, -0.1) is 0 Å². The molecule has 0 aromatic carbocycles. The van der Waals surface area contributed by atoms with Crippen LogP contribution in [0.4, 0.5) is 0 Å². The summed E-state index contributed by atoms with van der Waals surface area (Å²) in [6, 6.07) is 0. The minimum Gasteiger partial charge on any atom is -0.460 e. The number of carbonyl (C=O) groups excluding carboxylic acids is 1. The van der Waals surface area contributed by atoms with Crippen molar-refractivity contribution in [2.75, 3.05) is 6.61 Å². The predicted molar refractivity (Wildman–Crippen MR) is 27.3 cm³/mol. The Hall–Kier alpha value is -0.610. The number of carbonyl (C=O) groups is 1. The van der Waals surface area contributed by atoms with Crippen LogP contribution in [0.15, 0.2) is 0 Å². The van der Waals surface area contributed by atoms with E-state index in [2.05, 4.69) is 4.74 Å². The average Bonchev–Trinajstić information content (AvgIpc) is 1.97. The Balaban J connectivity index is 2.73. The van der Waals surface area contributed by atoms with Crippen LogP contribution in [0.3, 0.4) is 0 Å². The maximum Gasteiger partial charge on any atom is 0.314 e. The predicted octanol–water partition coefficient (Wildman–Crippen LogP) is -1.14. The van der Waals surface area contributed by atoms with Crippen molar-refractivity contribution in [3.8, 4) is 0 Å². The average molecular weight is 132 g/mol. The van der Waals surface area contributed by atoms with Crippen LogP contribution < -0.4 is 0 Å². The first-order valence-electron chi connectivity index (χ1n) is 2.65. The molecule has 0 aromatic rings. The molecule has 1 unspecified atom stereocenters. The van der Waals surface area contributed by atoms with E-state index in [0.717, 1.165) is 0 Å². The van der Waals surface area contributed by atoms with Gasteiger partial charge in [-0.3, -0.25) is 4.79 Å². The van der Waals surface area contributed by atoms with Crippen molar-refractivity contribution in [3.05, 3.63) is 0 Å². The van der Waals surface area contributed by atoms with Crippen LogP contribution in [0.25, 0.3) is 0 Å². The summed E-state index contributed by atoms with van der Waals surface area (Å²) >= 11 is 0. The maximum absolute atomic E-state index is 10.4. The number of hydrogen-bond acceptors (Lipinski definition) is 4. The molecule has 52 valence electrons. The first kappa shape index (κ1) is 6.51. The van der Waals surface area contributed by atoms with E-state index >= 15 is 0 Å². The van der Waals surface area contributed by atoms with Crippen molar-refractivity contribution in [3.63, 3.8) is 0 Å². The van der Waals surface area contributed by atoms with Crippen LogP contribution in [-0.4, -0.2) is 28.6 Å². The largest absolute Gasteiger partial charge is 0.460 e. The lowest BCUT2D eigenvalue weighted by Gasteiger charge is -2.13. The fraction of sp³-hybridized carbons (Fsp3) is 0.800. The van der Waals surface area contributed by atoms with Gasteiger partial charge in [-0.25, -0.2) is 0 Å². The fourth-order valence-electron chi connectivity index (χ4n) is 0.616. The Morgan fingerprint density at radius 2 is 2.33 bits per heavy atom. The van der Waals surface area contributed by atoms with Gasteiger partial charge in [-0.05, 0) is 6.92 Å². The second-order valence-electron chi connectivity index (χ2n) is 2.21. The lowest BCUT2D eigenvalue weighted by Crippen LogP contribution is -2.35. The van der Waals surface area contributed by atoms with Gasteiger partial charge >= 0.3 is 5.97 Å². The van der Waals surface area contributed by atoms with Crippen molar-refractivity contribution in [2.24, 2.45) is 5.92 Å². The molecule has 0 amide bonds. The fourth-order valence-corrected chi connectivity index (χ4v) is 0.616. The third kappa shape index (κ3) is 0.906. The van der Waals surface area contributed by atoms with Gasteiger partial charge in [0.05, 0.1) is 0 Å². The van der Waals surface area contributed by atoms with Gasteiger partial charge in [-0.2, -0.15) is 0 Å². The molecular formula is C5H8O4. The van der Waals surface area contributed by atoms with Gasteiger partial charge in [0, 0.05) is 0 Å². The highest BCUT2D eigenvalue weighted by atomic mass is 16.6. The SMILES string of the molecule is CC1C(=O)OCC1(O)O. The second-order valence-corrected chi connectivity index (χ2v) is 2.21. The molecule has 0 aliphatic carbocycles. The van der Waals surface area contributed by atoms with Gasteiger partial charge in [0.2, 0.25) is 5.79 Å². The molecule has 1 saturated heterocycles. The first-order valence-corrected chi connectivity index (χ1v) is 2.65. The summed E-state index contributed by atoms with van der Waals surface area (Å²) < 4.78 is 4.34. The molecule has 0 bridgehead atoms. The minimum absolute atomic E-state index is 0.312. The summed E-state index contributed by atoms with van der Waals surface area (Å²) in [4.78, 5) is 10.4. The zero-order valence-electron chi connectivity index (χ0n) is 5.00. The Morgan fingerprint density at radius 1 is 1.78 bits per heavy atom. The van der Waals surface area contributed by atoms with Crippen LogP contribution in [-0.2, 0) is 9.53 Å². The van der Waals surface area contributed by atoms with E-state index in [0.29, 0.717) is 0 Å². The molecule has 4 heteroatoms. The lowest BCUT2D eigenvalue weighted by atomic mass is 10.1. The molecule has 1 atom stereocenters. The van der Waals surface area contributed by atoms with Gasteiger partial charge in [-0.1, -0.05) is 0 Å². The summed E-state index contributed by atoms with van der Waals surface area (Å²) in [6.07, 6.45) is 0. The summed E-state index contributed by atoms with van der Waals surface area (Å²) in [5.74, 6) is -3.32. The van der Waals surface area contributed by atoms with Crippen LogP contribution in [0, 0.1) is 5.92 Å². The third-order valence-electron chi connectivity index (χ3n) is 1.47. The van der Waals surface area contributed by atoms with Gasteiger partial charge in [0.15, 0.2) is 0 Å². The first-order chi connectivity index (χ1) is 4.04. The summed E-state index contributed by atoms with van der Waals surface area (Å²) in [5, 5.41) is 17.7. The van der Waals surface area contributed by atoms with Crippen molar-refractivity contribution in [2.45, 2.75) is 12.7 Å².